The van der Waals surface area contributed by atoms with Crippen molar-refractivity contribution in [3.63, 3.8) is 0 Å². The molecule has 0 radical (unpaired) electrons. The van der Waals surface area contributed by atoms with E-state index in [4.69, 9.17) is 9.84 Å². The Kier molecular flexibility index (Phi) is 4.86. The molecule has 0 unspecified atom stereocenters. The van der Waals surface area contributed by atoms with Gasteiger partial charge in [-0.3, -0.25) is 15.0 Å². The number of methoxy groups -OCH3 is 1. The van der Waals surface area contributed by atoms with Gasteiger partial charge in [0.1, 0.15) is 0 Å². The summed E-state index contributed by atoms with van der Waals surface area (Å²) in [6, 6.07) is 4.85. The smallest absolute Gasteiger partial charge is 0.311 e. The molecule has 1 rings (SSSR count). The number of nitro benzene ring substituents is 1. The Bertz CT molecular complexity index is 395. The van der Waals surface area contributed by atoms with E-state index in [-0.39, 0.29) is 18.0 Å². The summed E-state index contributed by atoms with van der Waals surface area (Å²) >= 11 is 0. The second kappa shape index (κ2) is 6.17. The molecule has 1 aromatic rings. The number of aliphatic hydroxyl groups excluding tert-OH is 1. The fourth-order valence-corrected chi connectivity index (χ4v) is 1.54. The van der Waals surface area contributed by atoms with E-state index < -0.39 is 4.92 Å². The van der Waals surface area contributed by atoms with Gasteiger partial charge in [-0.25, -0.2) is 0 Å². The summed E-state index contributed by atoms with van der Waals surface area (Å²) in [7, 11) is 3.24. The van der Waals surface area contributed by atoms with Crippen molar-refractivity contribution in [2.75, 3.05) is 27.3 Å². The van der Waals surface area contributed by atoms with Gasteiger partial charge in [0.2, 0.25) is 0 Å². The van der Waals surface area contributed by atoms with Crippen LogP contribution in [0.1, 0.15) is 5.56 Å². The monoisotopic (exact) mass is 240 g/mol. The Morgan fingerprint density at radius 3 is 2.76 bits per heavy atom. The van der Waals surface area contributed by atoms with Gasteiger partial charge in [-0.15, -0.1) is 0 Å². The SMILES string of the molecule is COc1ccc(CN(C)CCO)cc1[N+](=O)[O-]. The lowest BCUT2D eigenvalue weighted by atomic mass is 10.2. The van der Waals surface area contributed by atoms with E-state index in [2.05, 4.69) is 0 Å². The highest BCUT2D eigenvalue weighted by atomic mass is 16.6. The Balaban J connectivity index is 2.88. The predicted molar refractivity (Wildman–Crippen MR) is 63.1 cm³/mol. The zero-order valence-corrected chi connectivity index (χ0v) is 9.92. The molecule has 0 amide bonds. The zero-order chi connectivity index (χ0) is 12.8. The molecule has 17 heavy (non-hydrogen) atoms. The highest BCUT2D eigenvalue weighted by Crippen LogP contribution is 2.27. The van der Waals surface area contributed by atoms with Crippen molar-refractivity contribution < 1.29 is 14.8 Å². The number of likely N-dealkylation sites (N-methyl/N-ethyl adjacent to an activating group) is 1. The number of hydrogen-bond donors (Lipinski definition) is 1. The average Bonchev–Trinajstić information content (AvgIpc) is 2.29. The molecule has 0 saturated heterocycles. The third-order valence-electron chi connectivity index (χ3n) is 2.37. The van der Waals surface area contributed by atoms with E-state index in [0.717, 1.165) is 5.56 Å². The molecule has 0 aliphatic heterocycles. The summed E-state index contributed by atoms with van der Waals surface area (Å²) in [5, 5.41) is 19.6. The van der Waals surface area contributed by atoms with Crippen molar-refractivity contribution in [1.29, 1.82) is 0 Å². The van der Waals surface area contributed by atoms with Crippen molar-refractivity contribution in [2.45, 2.75) is 6.54 Å². The van der Waals surface area contributed by atoms with Crippen LogP contribution < -0.4 is 4.74 Å². The zero-order valence-electron chi connectivity index (χ0n) is 9.92. The summed E-state index contributed by atoms with van der Waals surface area (Å²) in [6.45, 7) is 1.14. The van der Waals surface area contributed by atoms with Gasteiger partial charge < -0.3 is 9.84 Å². The molecule has 0 heterocycles. The molecule has 0 spiro atoms. The summed E-state index contributed by atoms with van der Waals surface area (Å²) in [6.07, 6.45) is 0. The number of nitrogens with zero attached hydrogens (tertiary/aromatic N) is 2. The maximum atomic E-state index is 10.8. The van der Waals surface area contributed by atoms with Gasteiger partial charge >= 0.3 is 5.69 Å². The first-order valence-electron chi connectivity index (χ1n) is 5.19. The molecule has 0 aliphatic rings. The summed E-state index contributed by atoms with van der Waals surface area (Å²) in [5.74, 6) is 0.253. The molecule has 0 aromatic heterocycles. The third-order valence-corrected chi connectivity index (χ3v) is 2.37. The van der Waals surface area contributed by atoms with Crippen LogP contribution in [0, 0.1) is 10.1 Å². The lowest BCUT2D eigenvalue weighted by molar-refractivity contribution is -0.385. The predicted octanol–water partition coefficient (Wildman–Crippen LogP) is 1.03. The number of hydrogen-bond acceptors (Lipinski definition) is 5. The molecule has 0 fully saturated rings. The maximum Gasteiger partial charge on any atom is 0.311 e. The van der Waals surface area contributed by atoms with Crippen molar-refractivity contribution in [3.05, 3.63) is 33.9 Å². The van der Waals surface area contributed by atoms with Crippen molar-refractivity contribution in [2.24, 2.45) is 0 Å². The molecule has 1 aromatic carbocycles. The Hall–Kier alpha value is -1.66. The number of aliphatic hydroxyl groups is 1. The second-order valence-electron chi connectivity index (χ2n) is 3.72. The van der Waals surface area contributed by atoms with Gasteiger partial charge in [0.05, 0.1) is 18.6 Å². The number of nitro groups is 1. The molecule has 0 bridgehead atoms. The van der Waals surface area contributed by atoms with Crippen LogP contribution in [0.25, 0.3) is 0 Å². The first-order chi connectivity index (χ1) is 8.08. The van der Waals surface area contributed by atoms with Gasteiger partial charge in [-0.2, -0.15) is 0 Å². The molecule has 0 saturated carbocycles. The fraction of sp³-hybridized carbons (Fsp3) is 0.455. The van der Waals surface area contributed by atoms with Gasteiger partial charge in [-0.1, -0.05) is 6.07 Å². The van der Waals surface area contributed by atoms with Gasteiger partial charge in [0.25, 0.3) is 0 Å². The summed E-state index contributed by atoms with van der Waals surface area (Å²) in [4.78, 5) is 12.2. The molecule has 0 atom stereocenters. The topological polar surface area (TPSA) is 75.8 Å². The molecular weight excluding hydrogens is 224 g/mol. The summed E-state index contributed by atoms with van der Waals surface area (Å²) in [5.41, 5.74) is 0.774. The molecule has 0 aliphatic carbocycles. The van der Waals surface area contributed by atoms with Gasteiger partial charge in [0, 0.05) is 19.2 Å². The lowest BCUT2D eigenvalue weighted by Crippen LogP contribution is -2.21. The van der Waals surface area contributed by atoms with Gasteiger partial charge in [-0.05, 0) is 18.7 Å². The first kappa shape index (κ1) is 13.4. The largest absolute Gasteiger partial charge is 0.490 e. The number of benzene rings is 1. The molecule has 6 heteroatoms. The number of ether oxygens (including phenoxy) is 1. The van der Waals surface area contributed by atoms with Crippen LogP contribution in [0.5, 0.6) is 5.75 Å². The van der Waals surface area contributed by atoms with E-state index >= 15 is 0 Å². The van der Waals surface area contributed by atoms with Crippen molar-refractivity contribution in [1.82, 2.24) is 4.90 Å². The second-order valence-corrected chi connectivity index (χ2v) is 3.72. The van der Waals surface area contributed by atoms with Gasteiger partial charge in [0.15, 0.2) is 5.75 Å². The lowest BCUT2D eigenvalue weighted by Gasteiger charge is -2.15. The van der Waals surface area contributed by atoms with Crippen LogP contribution in [0.2, 0.25) is 0 Å². The fourth-order valence-electron chi connectivity index (χ4n) is 1.54. The Morgan fingerprint density at radius 1 is 1.53 bits per heavy atom. The average molecular weight is 240 g/mol. The molecular formula is C11H16N2O4. The Morgan fingerprint density at radius 2 is 2.24 bits per heavy atom. The quantitative estimate of drug-likeness (QED) is 0.593. The van der Waals surface area contributed by atoms with Crippen LogP contribution >= 0.6 is 0 Å². The van der Waals surface area contributed by atoms with E-state index in [1.165, 1.54) is 13.2 Å². The minimum Gasteiger partial charge on any atom is -0.490 e. The summed E-state index contributed by atoms with van der Waals surface area (Å²) < 4.78 is 4.92. The first-order valence-corrected chi connectivity index (χ1v) is 5.19. The van der Waals surface area contributed by atoms with Crippen LogP contribution in [-0.4, -0.2) is 42.2 Å². The highest BCUT2D eigenvalue weighted by Gasteiger charge is 2.15. The Labute approximate surface area is 99.6 Å². The molecule has 6 nitrogen and oxygen atoms in total. The highest BCUT2D eigenvalue weighted by molar-refractivity contribution is 5.48. The minimum atomic E-state index is -0.464. The van der Waals surface area contributed by atoms with E-state index in [0.29, 0.717) is 13.1 Å². The minimum absolute atomic E-state index is 0.0394. The standard InChI is InChI=1S/C11H16N2O4/c1-12(5-6-14)8-9-3-4-11(17-2)10(7-9)13(15)16/h3-4,7,14H,5-6,8H2,1-2H3. The van der Waals surface area contributed by atoms with E-state index in [1.807, 2.05) is 11.9 Å². The van der Waals surface area contributed by atoms with Crippen LogP contribution in [0.15, 0.2) is 18.2 Å². The normalized spacial score (nSPS) is 10.6. The molecule has 1 N–H and O–H groups in total. The van der Waals surface area contributed by atoms with Crippen molar-refractivity contribution >= 4 is 5.69 Å². The van der Waals surface area contributed by atoms with Crippen LogP contribution in [0.4, 0.5) is 5.69 Å². The van der Waals surface area contributed by atoms with E-state index in [1.54, 1.807) is 12.1 Å². The van der Waals surface area contributed by atoms with Crippen LogP contribution in [0.3, 0.4) is 0 Å². The maximum absolute atomic E-state index is 10.8. The van der Waals surface area contributed by atoms with Crippen molar-refractivity contribution in [3.8, 4) is 5.75 Å². The van der Waals surface area contributed by atoms with E-state index in [9.17, 15) is 10.1 Å². The molecule has 94 valence electrons. The van der Waals surface area contributed by atoms with Crippen LogP contribution in [-0.2, 0) is 6.54 Å². The third kappa shape index (κ3) is 3.69. The number of rotatable bonds is 6.